The van der Waals surface area contributed by atoms with Crippen molar-refractivity contribution in [1.82, 2.24) is 0 Å². The van der Waals surface area contributed by atoms with Gasteiger partial charge in [0, 0.05) is 24.2 Å². The highest BCUT2D eigenvalue weighted by molar-refractivity contribution is 7.90. The summed E-state index contributed by atoms with van der Waals surface area (Å²) in [6.45, 7) is 2.12. The van der Waals surface area contributed by atoms with Gasteiger partial charge in [0.05, 0.1) is 16.3 Å². The number of benzene rings is 2. The highest BCUT2D eigenvalue weighted by atomic mass is 35.5. The summed E-state index contributed by atoms with van der Waals surface area (Å²) in [6, 6.07) is 9.23. The summed E-state index contributed by atoms with van der Waals surface area (Å²) in [5.74, 6) is -0.0951. The van der Waals surface area contributed by atoms with E-state index < -0.39 is 15.9 Å². The molecule has 0 aromatic heterocycles. The summed E-state index contributed by atoms with van der Waals surface area (Å²) in [7, 11) is -3.92. The number of carbonyl (C=O) groups is 2. The summed E-state index contributed by atoms with van der Waals surface area (Å²) in [5, 5.41) is 2.85. The fraction of sp³-hybridized carbons (Fsp3) is 0.286. The molecule has 2 heterocycles. The number of amides is 1. The van der Waals surface area contributed by atoms with E-state index in [9.17, 15) is 18.0 Å². The summed E-state index contributed by atoms with van der Waals surface area (Å²) in [4.78, 5) is 26.0. The molecule has 0 atom stereocenters. The molecule has 2 aromatic rings. The van der Waals surface area contributed by atoms with Crippen molar-refractivity contribution < 1.29 is 18.0 Å². The number of amidine groups is 1. The maximum absolute atomic E-state index is 12.8. The number of Topliss-reactive ketones (excluding diaryl/α,β-unsaturated/α-hetero) is 1. The van der Waals surface area contributed by atoms with Crippen molar-refractivity contribution in [2.45, 2.75) is 37.5 Å². The zero-order valence-corrected chi connectivity index (χ0v) is 17.9. The van der Waals surface area contributed by atoms with Gasteiger partial charge in [-0.05, 0) is 56.2 Å². The molecular weight excluding hydrogens is 426 g/mol. The van der Waals surface area contributed by atoms with Gasteiger partial charge in [-0.15, -0.1) is 4.40 Å². The molecule has 0 aliphatic carbocycles. The number of nitrogens with zero attached hydrogens (tertiary/aromatic N) is 2. The average Bonchev–Trinajstić information content (AvgIpc) is 2.92. The highest BCUT2D eigenvalue weighted by Gasteiger charge is 2.33. The van der Waals surface area contributed by atoms with Crippen LogP contribution in [0.3, 0.4) is 0 Å². The molecule has 30 heavy (non-hydrogen) atoms. The minimum atomic E-state index is -3.92. The maximum Gasteiger partial charge on any atom is 0.286 e. The topological polar surface area (TPSA) is 95.9 Å². The van der Waals surface area contributed by atoms with Crippen molar-refractivity contribution in [3.63, 3.8) is 0 Å². The van der Waals surface area contributed by atoms with Crippen LogP contribution in [0.1, 0.15) is 53.3 Å². The van der Waals surface area contributed by atoms with Crippen LogP contribution in [0.25, 0.3) is 0 Å². The maximum atomic E-state index is 12.8. The van der Waals surface area contributed by atoms with Crippen LogP contribution in [0.5, 0.6) is 0 Å². The summed E-state index contributed by atoms with van der Waals surface area (Å²) in [5.41, 5.74) is 1.50. The zero-order valence-electron chi connectivity index (χ0n) is 16.3. The smallest absolute Gasteiger partial charge is 0.286 e. The summed E-state index contributed by atoms with van der Waals surface area (Å²) < 4.78 is 29.5. The van der Waals surface area contributed by atoms with Crippen molar-refractivity contribution in [3.05, 3.63) is 52.5 Å². The van der Waals surface area contributed by atoms with Crippen LogP contribution in [0, 0.1) is 0 Å². The van der Waals surface area contributed by atoms with E-state index in [1.165, 1.54) is 19.1 Å². The molecule has 1 amide bonds. The zero-order chi connectivity index (χ0) is 21.5. The molecule has 1 N–H and O–H groups in total. The minimum absolute atomic E-state index is 0.0189. The highest BCUT2D eigenvalue weighted by Crippen LogP contribution is 2.38. The van der Waals surface area contributed by atoms with Gasteiger partial charge < -0.3 is 10.2 Å². The van der Waals surface area contributed by atoms with E-state index >= 15 is 0 Å². The lowest BCUT2D eigenvalue weighted by atomic mass is 10.1. The molecule has 7 nitrogen and oxygen atoms in total. The molecule has 4 rings (SSSR count). The molecule has 1 saturated heterocycles. The van der Waals surface area contributed by atoms with E-state index in [0.717, 1.165) is 19.3 Å². The number of ketones is 1. The second-order valence-electron chi connectivity index (χ2n) is 7.33. The molecule has 2 aliphatic rings. The van der Waals surface area contributed by atoms with Crippen LogP contribution in [-0.2, 0) is 10.0 Å². The third-order valence-electron chi connectivity index (χ3n) is 5.23. The Labute approximate surface area is 179 Å². The van der Waals surface area contributed by atoms with Crippen molar-refractivity contribution in [3.8, 4) is 0 Å². The van der Waals surface area contributed by atoms with Gasteiger partial charge in [0.1, 0.15) is 10.7 Å². The van der Waals surface area contributed by atoms with Crippen molar-refractivity contribution >= 4 is 50.5 Å². The Balaban J connectivity index is 1.68. The van der Waals surface area contributed by atoms with Crippen LogP contribution in [-0.4, -0.2) is 32.5 Å². The number of sulfonamides is 1. The Bertz CT molecular complexity index is 1170. The second-order valence-corrected chi connectivity index (χ2v) is 9.31. The standard InChI is InChI=1S/C21H20ClN3O4S/c1-13(26)14-6-8-15(9-7-14)23-21(27)16-11-19-18(12-17(16)22)25-10-4-2-3-5-20(25)24-30(19,28)29/h6-9,11-12H,2-5,10H2,1H3,(H,23,27). The number of anilines is 2. The first-order chi connectivity index (χ1) is 14.3. The third kappa shape index (κ3) is 3.85. The first-order valence-electron chi connectivity index (χ1n) is 9.63. The fourth-order valence-corrected chi connectivity index (χ4v) is 5.17. The van der Waals surface area contributed by atoms with Crippen LogP contribution in [0.2, 0.25) is 5.02 Å². The molecule has 2 aromatic carbocycles. The normalized spacial score (nSPS) is 17.3. The first kappa shape index (κ1) is 20.6. The van der Waals surface area contributed by atoms with Gasteiger partial charge in [0.15, 0.2) is 5.78 Å². The Morgan fingerprint density at radius 2 is 1.83 bits per heavy atom. The average molecular weight is 446 g/mol. The molecule has 0 spiro atoms. The molecule has 0 saturated carbocycles. The number of hydrogen-bond acceptors (Lipinski definition) is 5. The molecule has 156 valence electrons. The van der Waals surface area contributed by atoms with Crippen LogP contribution in [0.15, 0.2) is 45.7 Å². The van der Waals surface area contributed by atoms with Gasteiger partial charge in [-0.1, -0.05) is 18.0 Å². The number of rotatable bonds is 3. The molecule has 2 aliphatic heterocycles. The van der Waals surface area contributed by atoms with Crippen molar-refractivity contribution in [2.75, 3.05) is 16.8 Å². The Kier molecular flexibility index (Phi) is 5.38. The molecule has 0 bridgehead atoms. The van der Waals surface area contributed by atoms with Gasteiger partial charge in [0.2, 0.25) is 0 Å². The predicted octanol–water partition coefficient (Wildman–Crippen LogP) is 4.28. The quantitative estimate of drug-likeness (QED) is 0.711. The van der Waals surface area contributed by atoms with E-state index in [1.54, 1.807) is 24.3 Å². The third-order valence-corrected chi connectivity index (χ3v) is 6.88. The van der Waals surface area contributed by atoms with Gasteiger partial charge in [-0.2, -0.15) is 8.42 Å². The van der Waals surface area contributed by atoms with E-state index in [1.807, 2.05) is 4.90 Å². The van der Waals surface area contributed by atoms with Crippen molar-refractivity contribution in [2.24, 2.45) is 4.40 Å². The van der Waals surface area contributed by atoms with Crippen LogP contribution >= 0.6 is 11.6 Å². The van der Waals surface area contributed by atoms with E-state index in [-0.39, 0.29) is 21.3 Å². The molecule has 1 fully saturated rings. The van der Waals surface area contributed by atoms with Crippen LogP contribution < -0.4 is 10.2 Å². The lowest BCUT2D eigenvalue weighted by Gasteiger charge is -2.30. The Hall–Kier alpha value is -2.71. The number of halogens is 1. The monoisotopic (exact) mass is 445 g/mol. The number of fused-ring (bicyclic) bond motifs is 3. The van der Waals surface area contributed by atoms with E-state index in [0.29, 0.717) is 35.7 Å². The SMILES string of the molecule is CC(=O)c1ccc(NC(=O)c2cc3c(cc2Cl)N2CCCCCC2=NS3(=O)=O)cc1. The number of carbonyl (C=O) groups excluding carboxylic acids is 2. The molecule has 9 heteroatoms. The molecule has 0 radical (unpaired) electrons. The predicted molar refractivity (Wildman–Crippen MR) is 116 cm³/mol. The van der Waals surface area contributed by atoms with E-state index in [4.69, 9.17) is 11.6 Å². The largest absolute Gasteiger partial charge is 0.328 e. The lowest BCUT2D eigenvalue weighted by Crippen LogP contribution is -2.35. The number of hydrogen-bond donors (Lipinski definition) is 1. The van der Waals surface area contributed by atoms with Gasteiger partial charge >= 0.3 is 0 Å². The van der Waals surface area contributed by atoms with Gasteiger partial charge in [-0.25, -0.2) is 0 Å². The van der Waals surface area contributed by atoms with E-state index in [2.05, 4.69) is 9.71 Å². The van der Waals surface area contributed by atoms with Crippen molar-refractivity contribution in [1.29, 1.82) is 0 Å². The molecular formula is C21H20ClN3O4S. The summed E-state index contributed by atoms with van der Waals surface area (Å²) in [6.07, 6.45) is 3.40. The summed E-state index contributed by atoms with van der Waals surface area (Å²) >= 11 is 6.39. The van der Waals surface area contributed by atoms with Gasteiger partial charge in [-0.3, -0.25) is 9.59 Å². The first-order valence-corrected chi connectivity index (χ1v) is 11.5. The molecule has 0 unspecified atom stereocenters. The minimum Gasteiger partial charge on any atom is -0.328 e. The second kappa shape index (κ2) is 7.85. The fourth-order valence-electron chi connectivity index (χ4n) is 3.66. The Morgan fingerprint density at radius 3 is 2.53 bits per heavy atom. The van der Waals surface area contributed by atoms with Crippen LogP contribution in [0.4, 0.5) is 11.4 Å². The Morgan fingerprint density at radius 1 is 1.10 bits per heavy atom. The lowest BCUT2D eigenvalue weighted by molar-refractivity contribution is 0.101. The van der Waals surface area contributed by atoms with Gasteiger partial charge in [0.25, 0.3) is 15.9 Å². The number of nitrogens with one attached hydrogen (secondary N) is 1.